The van der Waals surface area contributed by atoms with Gasteiger partial charge in [0.1, 0.15) is 5.56 Å². The number of fused-ring (bicyclic) bond motifs is 1. The van der Waals surface area contributed by atoms with Crippen LogP contribution in [0.4, 0.5) is 5.69 Å². The molecule has 3 aromatic rings. The summed E-state index contributed by atoms with van der Waals surface area (Å²) in [6, 6.07) is 12.3. The van der Waals surface area contributed by atoms with E-state index in [1.54, 1.807) is 17.7 Å². The summed E-state index contributed by atoms with van der Waals surface area (Å²) in [5.41, 5.74) is 1.18. The van der Waals surface area contributed by atoms with Crippen LogP contribution < -0.4 is 15.6 Å². The minimum Gasteiger partial charge on any atom is -0.369 e. The number of benzene rings is 2. The van der Waals surface area contributed by atoms with Gasteiger partial charge in [-0.1, -0.05) is 17.7 Å². The van der Waals surface area contributed by atoms with E-state index in [0.29, 0.717) is 12.1 Å². The van der Waals surface area contributed by atoms with Crippen LogP contribution >= 0.6 is 11.6 Å². The van der Waals surface area contributed by atoms with Gasteiger partial charge >= 0.3 is 0 Å². The lowest BCUT2D eigenvalue weighted by Gasteiger charge is -2.36. The molecule has 1 amide bonds. The summed E-state index contributed by atoms with van der Waals surface area (Å²) in [7, 11) is 0.877. The lowest BCUT2D eigenvalue weighted by molar-refractivity contribution is 0.0950. The number of halogens is 1. The van der Waals surface area contributed by atoms with Crippen molar-refractivity contribution < 1.29 is 13.2 Å². The van der Waals surface area contributed by atoms with Crippen LogP contribution in [0.25, 0.3) is 10.9 Å². The summed E-state index contributed by atoms with van der Waals surface area (Å²) < 4.78 is 27.8. The number of carbonyl (C=O) groups is 1. The van der Waals surface area contributed by atoms with Crippen LogP contribution in [0.3, 0.4) is 0 Å². The molecule has 198 valence electrons. The molecule has 0 bridgehead atoms. The Morgan fingerprint density at radius 1 is 1.08 bits per heavy atom. The molecule has 1 aromatic heterocycles. The molecule has 1 aliphatic rings. The summed E-state index contributed by atoms with van der Waals surface area (Å²) in [6.07, 6.45) is 2.25. The highest BCUT2D eigenvalue weighted by Gasteiger charge is 2.21. The largest absolute Gasteiger partial charge is 0.369 e. The summed E-state index contributed by atoms with van der Waals surface area (Å²) in [5, 5.41) is 3.77. The summed E-state index contributed by atoms with van der Waals surface area (Å²) in [4.78, 5) is 30.6. The minimum absolute atomic E-state index is 0.00937. The Morgan fingerprint density at radius 2 is 1.81 bits per heavy atom. The van der Waals surface area contributed by atoms with Gasteiger partial charge in [0, 0.05) is 76.2 Å². The summed E-state index contributed by atoms with van der Waals surface area (Å²) >= 11 is 6.11. The lowest BCUT2D eigenvalue weighted by atomic mass is 10.1. The first-order valence-electron chi connectivity index (χ1n) is 12.1. The fraction of sp³-hybridized carbons (Fsp3) is 0.385. The average Bonchev–Trinajstić information content (AvgIpc) is 2.88. The van der Waals surface area contributed by atoms with Gasteiger partial charge in [-0.3, -0.25) is 14.5 Å². The van der Waals surface area contributed by atoms with Gasteiger partial charge in [-0.2, -0.15) is 0 Å². The fourth-order valence-electron chi connectivity index (χ4n) is 4.51. The predicted molar refractivity (Wildman–Crippen MR) is 147 cm³/mol. The smallest absolute Gasteiger partial charge is 0.256 e. The maximum atomic E-state index is 13.1. The zero-order valence-corrected chi connectivity index (χ0v) is 22.8. The highest BCUT2D eigenvalue weighted by molar-refractivity contribution is 7.89. The second kappa shape index (κ2) is 11.2. The van der Waals surface area contributed by atoms with Crippen LogP contribution in [0.1, 0.15) is 16.8 Å². The van der Waals surface area contributed by atoms with Gasteiger partial charge in [-0.25, -0.2) is 12.7 Å². The molecule has 1 N–H and O–H groups in total. The second-order valence-electron chi connectivity index (χ2n) is 9.37. The Hall–Kier alpha value is -2.92. The molecule has 1 saturated heterocycles. The van der Waals surface area contributed by atoms with E-state index in [0.717, 1.165) is 54.2 Å². The SMILES string of the molecule is CN(C)S(=O)(=O)c1ccc2c(c1)c(=O)c(C(=O)NCCCN1CCN(c3cccc(Cl)c3)CC1)cn2C. The van der Waals surface area contributed by atoms with Crippen LogP contribution in [0.2, 0.25) is 5.02 Å². The molecule has 1 fully saturated rings. The summed E-state index contributed by atoms with van der Waals surface area (Å²) in [5.74, 6) is -0.464. The summed E-state index contributed by atoms with van der Waals surface area (Å²) in [6.45, 7) is 4.93. The quantitative estimate of drug-likeness (QED) is 0.437. The monoisotopic (exact) mass is 545 g/mol. The van der Waals surface area contributed by atoms with Crippen molar-refractivity contribution in [2.45, 2.75) is 11.3 Å². The highest BCUT2D eigenvalue weighted by Crippen LogP contribution is 2.21. The number of sulfonamides is 1. The molecule has 9 nitrogen and oxygen atoms in total. The predicted octanol–water partition coefficient (Wildman–Crippen LogP) is 2.38. The van der Waals surface area contributed by atoms with Crippen molar-refractivity contribution in [1.82, 2.24) is 19.1 Å². The van der Waals surface area contributed by atoms with E-state index in [1.165, 1.54) is 32.4 Å². The third-order valence-electron chi connectivity index (χ3n) is 6.67. The van der Waals surface area contributed by atoms with E-state index < -0.39 is 21.4 Å². The van der Waals surface area contributed by atoms with Crippen molar-refractivity contribution in [1.29, 1.82) is 0 Å². The van der Waals surface area contributed by atoms with Crippen molar-refractivity contribution in [3.63, 3.8) is 0 Å². The van der Waals surface area contributed by atoms with Gasteiger partial charge in [0.15, 0.2) is 0 Å². The average molecular weight is 546 g/mol. The third kappa shape index (κ3) is 5.98. The number of rotatable bonds is 8. The number of aryl methyl sites for hydroxylation is 1. The Bertz CT molecular complexity index is 1460. The van der Waals surface area contributed by atoms with Crippen LogP contribution in [0, 0.1) is 0 Å². The Kier molecular flexibility index (Phi) is 8.23. The fourth-order valence-corrected chi connectivity index (χ4v) is 5.62. The number of hydrogen-bond donors (Lipinski definition) is 1. The Morgan fingerprint density at radius 3 is 2.49 bits per heavy atom. The van der Waals surface area contributed by atoms with Gasteiger partial charge < -0.3 is 14.8 Å². The standard InChI is InChI=1S/C26H32ClN5O4S/c1-29(2)37(35,36)21-8-9-24-22(17-21)25(33)23(18-30(24)3)26(34)28-10-5-11-31-12-14-32(15-13-31)20-7-4-6-19(27)16-20/h4,6-9,16-18H,5,10-15H2,1-3H3,(H,28,34). The van der Waals surface area contributed by atoms with Crippen LogP contribution in [0.15, 0.2) is 58.4 Å². The van der Waals surface area contributed by atoms with Gasteiger partial charge in [0.25, 0.3) is 5.91 Å². The molecule has 37 heavy (non-hydrogen) atoms. The molecule has 11 heteroatoms. The Labute approximate surface area is 222 Å². The molecule has 2 heterocycles. The first-order valence-corrected chi connectivity index (χ1v) is 14.0. The molecule has 0 atom stereocenters. The highest BCUT2D eigenvalue weighted by atomic mass is 35.5. The first kappa shape index (κ1) is 27.1. The number of aromatic nitrogens is 1. The van der Waals surface area contributed by atoms with Crippen molar-refractivity contribution in [3.05, 3.63) is 69.5 Å². The van der Waals surface area contributed by atoms with Crippen LogP contribution in [0.5, 0.6) is 0 Å². The van der Waals surface area contributed by atoms with Crippen molar-refractivity contribution >= 4 is 44.1 Å². The number of carbonyl (C=O) groups excluding carboxylic acids is 1. The number of nitrogens with one attached hydrogen (secondary N) is 1. The molecule has 0 radical (unpaired) electrons. The van der Waals surface area contributed by atoms with E-state index in [1.807, 2.05) is 18.2 Å². The van der Waals surface area contributed by atoms with Gasteiger partial charge in [0.2, 0.25) is 15.5 Å². The lowest BCUT2D eigenvalue weighted by Crippen LogP contribution is -2.47. The molecule has 1 aliphatic heterocycles. The third-order valence-corrected chi connectivity index (χ3v) is 8.71. The normalized spacial score (nSPS) is 14.9. The number of pyridine rings is 1. The molecule has 0 saturated carbocycles. The number of nitrogens with zero attached hydrogens (tertiary/aromatic N) is 4. The van der Waals surface area contributed by atoms with Gasteiger partial charge in [-0.05, 0) is 49.4 Å². The zero-order chi connectivity index (χ0) is 26.7. The van der Waals surface area contributed by atoms with Crippen molar-refractivity contribution in [2.24, 2.45) is 7.05 Å². The molecule has 0 unspecified atom stereocenters. The van der Waals surface area contributed by atoms with E-state index in [4.69, 9.17) is 11.6 Å². The molecular weight excluding hydrogens is 514 g/mol. The van der Waals surface area contributed by atoms with Crippen molar-refractivity contribution in [3.8, 4) is 0 Å². The molecule has 2 aromatic carbocycles. The van der Waals surface area contributed by atoms with E-state index >= 15 is 0 Å². The van der Waals surface area contributed by atoms with Crippen LogP contribution in [-0.2, 0) is 17.1 Å². The van der Waals surface area contributed by atoms with E-state index in [9.17, 15) is 18.0 Å². The van der Waals surface area contributed by atoms with Gasteiger partial charge in [-0.15, -0.1) is 0 Å². The number of amides is 1. The second-order valence-corrected chi connectivity index (χ2v) is 12.0. The number of anilines is 1. The van der Waals surface area contributed by atoms with E-state index in [2.05, 4.69) is 21.2 Å². The maximum Gasteiger partial charge on any atom is 0.256 e. The molecule has 0 spiro atoms. The van der Waals surface area contributed by atoms with Crippen LogP contribution in [-0.4, -0.2) is 81.5 Å². The molecular formula is C26H32ClN5O4S. The molecule has 0 aliphatic carbocycles. The minimum atomic E-state index is -3.71. The number of hydrogen-bond acceptors (Lipinski definition) is 6. The Balaban J connectivity index is 1.35. The van der Waals surface area contributed by atoms with Gasteiger partial charge in [0.05, 0.1) is 10.4 Å². The number of piperazine rings is 1. The first-order chi connectivity index (χ1) is 17.6. The maximum absolute atomic E-state index is 13.1. The molecule has 4 rings (SSSR count). The van der Waals surface area contributed by atoms with E-state index in [-0.39, 0.29) is 15.8 Å². The zero-order valence-electron chi connectivity index (χ0n) is 21.3. The van der Waals surface area contributed by atoms with Crippen molar-refractivity contribution in [2.75, 3.05) is 58.3 Å². The topological polar surface area (TPSA) is 95.0 Å².